The minimum Gasteiger partial charge on any atom is -0.456 e. The molecule has 6 rings (SSSR count). The van der Waals surface area contributed by atoms with Gasteiger partial charge in [0.1, 0.15) is 17.0 Å². The van der Waals surface area contributed by atoms with Gasteiger partial charge < -0.3 is 4.42 Å². The summed E-state index contributed by atoms with van der Waals surface area (Å²) in [7, 11) is 0. The van der Waals surface area contributed by atoms with Crippen molar-refractivity contribution in [3.05, 3.63) is 72.5 Å². The first kappa shape index (κ1) is 12.3. The SMILES string of the molecule is Fc1cc2cc3oc4ccccc4c3c3ccc4cccc1c4c23. The Morgan fingerprint density at radius 1 is 0.583 bits per heavy atom. The van der Waals surface area contributed by atoms with E-state index in [1.807, 2.05) is 42.5 Å². The summed E-state index contributed by atoms with van der Waals surface area (Å²) in [4.78, 5) is 0. The van der Waals surface area contributed by atoms with E-state index in [2.05, 4.69) is 18.2 Å². The average Bonchev–Trinajstić information content (AvgIpc) is 2.98. The Labute approximate surface area is 136 Å². The summed E-state index contributed by atoms with van der Waals surface area (Å²) in [5.74, 6) is -0.184. The summed E-state index contributed by atoms with van der Waals surface area (Å²) in [5.41, 5.74) is 1.67. The Morgan fingerprint density at radius 2 is 1.42 bits per heavy atom. The van der Waals surface area contributed by atoms with E-state index in [1.54, 1.807) is 6.07 Å². The van der Waals surface area contributed by atoms with Crippen LogP contribution in [0.3, 0.4) is 0 Å². The highest BCUT2D eigenvalue weighted by Crippen LogP contribution is 2.42. The summed E-state index contributed by atoms with van der Waals surface area (Å²) < 4.78 is 20.6. The Kier molecular flexibility index (Phi) is 2.07. The number of fused-ring (bicyclic) bond motifs is 4. The van der Waals surface area contributed by atoms with E-state index in [1.165, 1.54) is 0 Å². The van der Waals surface area contributed by atoms with Crippen molar-refractivity contribution in [1.29, 1.82) is 0 Å². The third kappa shape index (κ3) is 1.35. The minimum absolute atomic E-state index is 0.184. The Balaban J connectivity index is 2.04. The maximum atomic E-state index is 14.6. The zero-order valence-electron chi connectivity index (χ0n) is 12.6. The molecule has 2 heteroatoms. The molecule has 0 fully saturated rings. The van der Waals surface area contributed by atoms with Crippen LogP contribution in [0.25, 0.3) is 54.3 Å². The van der Waals surface area contributed by atoms with Crippen molar-refractivity contribution < 1.29 is 8.81 Å². The molecule has 0 spiro atoms. The highest BCUT2D eigenvalue weighted by molar-refractivity contribution is 6.32. The average molecular weight is 310 g/mol. The van der Waals surface area contributed by atoms with Crippen LogP contribution in [0, 0.1) is 5.82 Å². The highest BCUT2D eigenvalue weighted by Gasteiger charge is 2.17. The van der Waals surface area contributed by atoms with Crippen molar-refractivity contribution in [1.82, 2.24) is 0 Å². The van der Waals surface area contributed by atoms with Gasteiger partial charge in [-0.1, -0.05) is 48.5 Å². The van der Waals surface area contributed by atoms with Crippen LogP contribution in [0.4, 0.5) is 4.39 Å². The van der Waals surface area contributed by atoms with Crippen LogP contribution in [0.1, 0.15) is 0 Å². The van der Waals surface area contributed by atoms with E-state index in [0.29, 0.717) is 5.39 Å². The monoisotopic (exact) mass is 310 g/mol. The molecule has 24 heavy (non-hydrogen) atoms. The molecule has 0 aliphatic heterocycles. The molecule has 0 atom stereocenters. The van der Waals surface area contributed by atoms with Crippen molar-refractivity contribution in [2.24, 2.45) is 0 Å². The molecule has 5 aromatic carbocycles. The molecule has 6 aromatic rings. The van der Waals surface area contributed by atoms with Crippen molar-refractivity contribution in [3.8, 4) is 0 Å². The lowest BCUT2D eigenvalue weighted by Crippen LogP contribution is -1.87. The Bertz CT molecular complexity index is 1410. The molecule has 112 valence electrons. The molecule has 0 aliphatic rings. The minimum atomic E-state index is -0.184. The van der Waals surface area contributed by atoms with Gasteiger partial charge in [-0.25, -0.2) is 4.39 Å². The number of benzene rings is 5. The van der Waals surface area contributed by atoms with Crippen LogP contribution < -0.4 is 0 Å². The first-order chi connectivity index (χ1) is 11.8. The van der Waals surface area contributed by atoms with E-state index in [9.17, 15) is 4.39 Å². The lowest BCUT2D eigenvalue weighted by molar-refractivity contribution is 0.641. The van der Waals surface area contributed by atoms with Crippen LogP contribution in [-0.4, -0.2) is 0 Å². The number of para-hydroxylation sites is 1. The lowest BCUT2D eigenvalue weighted by Gasteiger charge is -2.12. The highest BCUT2D eigenvalue weighted by atomic mass is 19.1. The van der Waals surface area contributed by atoms with Gasteiger partial charge >= 0.3 is 0 Å². The van der Waals surface area contributed by atoms with Gasteiger partial charge in [-0.15, -0.1) is 0 Å². The summed E-state index contributed by atoms with van der Waals surface area (Å²) >= 11 is 0. The second kappa shape index (κ2) is 4.04. The van der Waals surface area contributed by atoms with E-state index in [-0.39, 0.29) is 5.82 Å². The molecule has 1 heterocycles. The van der Waals surface area contributed by atoms with Crippen LogP contribution in [0.2, 0.25) is 0 Å². The van der Waals surface area contributed by atoms with Crippen molar-refractivity contribution in [2.75, 3.05) is 0 Å². The molecule has 0 saturated carbocycles. The van der Waals surface area contributed by atoms with Gasteiger partial charge in [-0.3, -0.25) is 0 Å². The van der Waals surface area contributed by atoms with Gasteiger partial charge in [-0.2, -0.15) is 0 Å². The Morgan fingerprint density at radius 3 is 2.38 bits per heavy atom. The summed E-state index contributed by atoms with van der Waals surface area (Å²) in [6.07, 6.45) is 0. The van der Waals surface area contributed by atoms with Crippen LogP contribution >= 0.6 is 0 Å². The predicted molar refractivity (Wildman–Crippen MR) is 97.4 cm³/mol. The summed E-state index contributed by atoms with van der Waals surface area (Å²) in [5, 5.41) is 8.08. The summed E-state index contributed by atoms with van der Waals surface area (Å²) in [6.45, 7) is 0. The number of furan rings is 1. The fraction of sp³-hybridized carbons (Fsp3) is 0. The van der Waals surface area contributed by atoms with E-state index < -0.39 is 0 Å². The maximum Gasteiger partial charge on any atom is 0.136 e. The normalized spacial score (nSPS) is 12.4. The van der Waals surface area contributed by atoms with Gasteiger partial charge in [-0.05, 0) is 39.7 Å². The van der Waals surface area contributed by atoms with Gasteiger partial charge in [0.15, 0.2) is 0 Å². The van der Waals surface area contributed by atoms with Crippen molar-refractivity contribution in [3.63, 3.8) is 0 Å². The number of halogens is 1. The van der Waals surface area contributed by atoms with Crippen molar-refractivity contribution >= 4 is 54.3 Å². The fourth-order valence-electron chi connectivity index (χ4n) is 4.07. The zero-order chi connectivity index (χ0) is 15.8. The Hall–Kier alpha value is -3.13. The number of hydrogen-bond donors (Lipinski definition) is 0. The second-order valence-electron chi connectivity index (χ2n) is 6.32. The maximum absolute atomic E-state index is 14.6. The number of hydrogen-bond acceptors (Lipinski definition) is 1. The van der Waals surface area contributed by atoms with E-state index in [4.69, 9.17) is 4.42 Å². The molecule has 0 saturated heterocycles. The van der Waals surface area contributed by atoms with Crippen molar-refractivity contribution in [2.45, 2.75) is 0 Å². The topological polar surface area (TPSA) is 13.1 Å². The van der Waals surface area contributed by atoms with Gasteiger partial charge in [0.25, 0.3) is 0 Å². The van der Waals surface area contributed by atoms with Crippen LogP contribution in [0.5, 0.6) is 0 Å². The molecule has 0 N–H and O–H groups in total. The molecule has 0 amide bonds. The van der Waals surface area contributed by atoms with Gasteiger partial charge in [0, 0.05) is 21.5 Å². The zero-order valence-corrected chi connectivity index (χ0v) is 12.6. The van der Waals surface area contributed by atoms with Crippen LogP contribution in [-0.2, 0) is 0 Å². The molecule has 1 aromatic heterocycles. The standard InChI is InChI=1S/C22H11FO/c23-17-10-13-11-19-22(15-5-1-2-7-18(15)24-19)16-9-8-12-4-3-6-14(17)20(12)21(13)16/h1-11H. The third-order valence-electron chi connectivity index (χ3n) is 5.05. The third-order valence-corrected chi connectivity index (χ3v) is 5.05. The molecule has 0 radical (unpaired) electrons. The van der Waals surface area contributed by atoms with Gasteiger partial charge in [0.05, 0.1) is 0 Å². The van der Waals surface area contributed by atoms with Gasteiger partial charge in [0.2, 0.25) is 0 Å². The van der Waals surface area contributed by atoms with Crippen LogP contribution in [0.15, 0.2) is 71.1 Å². The molecule has 0 aliphatic carbocycles. The van der Waals surface area contributed by atoms with E-state index >= 15 is 0 Å². The second-order valence-corrected chi connectivity index (χ2v) is 6.32. The first-order valence-electron chi connectivity index (χ1n) is 7.98. The molecule has 1 nitrogen and oxygen atoms in total. The largest absolute Gasteiger partial charge is 0.456 e. The molecule has 0 bridgehead atoms. The smallest absolute Gasteiger partial charge is 0.136 e. The molecule has 0 unspecified atom stereocenters. The first-order valence-corrected chi connectivity index (χ1v) is 7.98. The molecular formula is C22H11FO. The summed E-state index contributed by atoms with van der Waals surface area (Å²) in [6, 6.07) is 21.6. The van der Waals surface area contributed by atoms with E-state index in [0.717, 1.165) is 48.9 Å². The predicted octanol–water partition coefficient (Wildman–Crippen LogP) is 6.62. The number of rotatable bonds is 0. The molecular weight excluding hydrogens is 299 g/mol. The fourth-order valence-corrected chi connectivity index (χ4v) is 4.07. The quantitative estimate of drug-likeness (QED) is 0.287. The lowest BCUT2D eigenvalue weighted by atomic mass is 9.92.